The molecule has 3 heteroatoms. The van der Waals surface area contributed by atoms with Crippen LogP contribution in [0.15, 0.2) is 54.7 Å². The highest BCUT2D eigenvalue weighted by molar-refractivity contribution is 5.85. The molecule has 3 nitrogen and oxygen atoms in total. The van der Waals surface area contributed by atoms with E-state index in [1.165, 1.54) is 16.5 Å². The first-order chi connectivity index (χ1) is 11.6. The maximum atomic E-state index is 5.27. The van der Waals surface area contributed by atoms with Crippen LogP contribution in [0.3, 0.4) is 0 Å². The molecule has 0 amide bonds. The van der Waals surface area contributed by atoms with Crippen LogP contribution in [-0.2, 0) is 6.42 Å². The summed E-state index contributed by atoms with van der Waals surface area (Å²) >= 11 is 0. The van der Waals surface area contributed by atoms with Gasteiger partial charge in [-0.1, -0.05) is 32.0 Å². The number of hydrogen-bond acceptors (Lipinski definition) is 2. The molecule has 1 atom stereocenters. The number of nitrogens with zero attached hydrogens (tertiary/aromatic N) is 1. The maximum absolute atomic E-state index is 5.27. The Labute approximate surface area is 144 Å². The summed E-state index contributed by atoms with van der Waals surface area (Å²) in [6, 6.07) is 17.8. The van der Waals surface area contributed by atoms with Crippen molar-refractivity contribution in [1.82, 2.24) is 9.88 Å². The normalized spacial score (nSPS) is 12.7. The molecule has 126 valence electrons. The second-order valence-corrected chi connectivity index (χ2v) is 6.67. The first-order valence-electron chi connectivity index (χ1n) is 8.58. The Bertz CT molecular complexity index is 802. The minimum Gasteiger partial charge on any atom is -0.497 e. The van der Waals surface area contributed by atoms with Crippen LogP contribution in [0.4, 0.5) is 0 Å². The Morgan fingerprint density at radius 1 is 1.00 bits per heavy atom. The third-order valence-corrected chi connectivity index (χ3v) is 4.29. The molecule has 0 saturated heterocycles. The van der Waals surface area contributed by atoms with Gasteiger partial charge in [0.15, 0.2) is 0 Å². The average Bonchev–Trinajstić information content (AvgIpc) is 2.93. The van der Waals surface area contributed by atoms with Crippen molar-refractivity contribution in [3.8, 4) is 11.4 Å². The molecule has 1 unspecified atom stereocenters. The van der Waals surface area contributed by atoms with E-state index in [0.29, 0.717) is 12.1 Å². The van der Waals surface area contributed by atoms with Gasteiger partial charge in [0.25, 0.3) is 0 Å². The molecule has 0 fully saturated rings. The molecule has 0 bridgehead atoms. The van der Waals surface area contributed by atoms with Crippen LogP contribution in [-0.4, -0.2) is 23.8 Å². The highest BCUT2D eigenvalue weighted by Gasteiger charge is 2.13. The van der Waals surface area contributed by atoms with Gasteiger partial charge in [-0.15, -0.1) is 0 Å². The fourth-order valence-corrected chi connectivity index (χ4v) is 3.33. The van der Waals surface area contributed by atoms with E-state index in [-0.39, 0.29) is 0 Å². The molecule has 1 aromatic heterocycles. The molecule has 3 aromatic rings. The number of hydrogen-bond donors (Lipinski definition) is 1. The molecular weight excluding hydrogens is 296 g/mol. The van der Waals surface area contributed by atoms with Gasteiger partial charge in [-0.2, -0.15) is 0 Å². The summed E-state index contributed by atoms with van der Waals surface area (Å²) in [7, 11) is 1.70. The largest absolute Gasteiger partial charge is 0.497 e. The topological polar surface area (TPSA) is 26.2 Å². The number of para-hydroxylation sites is 1. The van der Waals surface area contributed by atoms with E-state index >= 15 is 0 Å². The Balaban J connectivity index is 1.99. The van der Waals surface area contributed by atoms with Gasteiger partial charge >= 0.3 is 0 Å². The number of ether oxygens (including phenoxy) is 1. The van der Waals surface area contributed by atoms with Crippen LogP contribution in [0.1, 0.15) is 26.3 Å². The summed E-state index contributed by atoms with van der Waals surface area (Å²) in [5, 5.41) is 4.92. The van der Waals surface area contributed by atoms with E-state index in [0.717, 1.165) is 17.9 Å². The predicted octanol–water partition coefficient (Wildman–Crippen LogP) is 4.57. The lowest BCUT2D eigenvalue weighted by Gasteiger charge is -2.16. The van der Waals surface area contributed by atoms with Gasteiger partial charge in [0, 0.05) is 29.4 Å². The summed E-state index contributed by atoms with van der Waals surface area (Å²) < 4.78 is 7.54. The van der Waals surface area contributed by atoms with Crippen LogP contribution in [0.2, 0.25) is 0 Å². The van der Waals surface area contributed by atoms with E-state index in [1.807, 2.05) is 12.1 Å². The number of rotatable bonds is 6. The molecule has 3 rings (SSSR count). The maximum Gasteiger partial charge on any atom is 0.119 e. The molecule has 0 aliphatic carbocycles. The Morgan fingerprint density at radius 3 is 2.38 bits per heavy atom. The highest BCUT2D eigenvalue weighted by atomic mass is 16.5. The Kier molecular flexibility index (Phi) is 4.91. The van der Waals surface area contributed by atoms with E-state index in [9.17, 15) is 0 Å². The van der Waals surface area contributed by atoms with E-state index in [1.54, 1.807) is 7.11 Å². The van der Waals surface area contributed by atoms with Crippen molar-refractivity contribution in [2.75, 3.05) is 7.11 Å². The summed E-state index contributed by atoms with van der Waals surface area (Å²) in [6.07, 6.45) is 3.28. The molecule has 0 radical (unpaired) electrons. The summed E-state index contributed by atoms with van der Waals surface area (Å²) in [4.78, 5) is 0. The van der Waals surface area contributed by atoms with Crippen LogP contribution < -0.4 is 10.1 Å². The molecule has 24 heavy (non-hydrogen) atoms. The number of methoxy groups -OCH3 is 1. The van der Waals surface area contributed by atoms with E-state index in [4.69, 9.17) is 4.74 Å². The van der Waals surface area contributed by atoms with Gasteiger partial charge in [-0.05, 0) is 49.2 Å². The monoisotopic (exact) mass is 322 g/mol. The lowest BCUT2D eigenvalue weighted by molar-refractivity contribution is 0.415. The molecule has 0 spiro atoms. The zero-order valence-corrected chi connectivity index (χ0v) is 14.9. The van der Waals surface area contributed by atoms with E-state index in [2.05, 4.69) is 73.3 Å². The number of fused-ring (bicyclic) bond motifs is 1. The Morgan fingerprint density at radius 2 is 1.71 bits per heavy atom. The smallest absolute Gasteiger partial charge is 0.119 e. The van der Waals surface area contributed by atoms with Gasteiger partial charge in [-0.25, -0.2) is 0 Å². The average molecular weight is 322 g/mol. The number of aromatic nitrogens is 1. The van der Waals surface area contributed by atoms with Gasteiger partial charge in [-0.3, -0.25) is 0 Å². The number of nitrogens with one attached hydrogen (secondary N) is 1. The van der Waals surface area contributed by atoms with Crippen LogP contribution in [0, 0.1) is 0 Å². The zero-order valence-electron chi connectivity index (χ0n) is 14.9. The van der Waals surface area contributed by atoms with Crippen molar-refractivity contribution in [2.24, 2.45) is 0 Å². The molecule has 0 aliphatic heterocycles. The van der Waals surface area contributed by atoms with Crippen molar-refractivity contribution in [2.45, 2.75) is 39.3 Å². The standard InChI is InChI=1S/C21H26N2O/c1-15(2)22-16(3)13-17-14-23(21-8-6-5-7-20(17)21)18-9-11-19(24-4)12-10-18/h5-12,14-16,22H,13H2,1-4H3. The lowest BCUT2D eigenvalue weighted by Crippen LogP contribution is -2.33. The first kappa shape index (κ1) is 16.6. The molecule has 2 aromatic carbocycles. The second-order valence-electron chi connectivity index (χ2n) is 6.67. The second kappa shape index (κ2) is 7.10. The molecule has 0 saturated carbocycles. The quantitative estimate of drug-likeness (QED) is 0.719. The van der Waals surface area contributed by atoms with Crippen molar-refractivity contribution in [1.29, 1.82) is 0 Å². The van der Waals surface area contributed by atoms with Gasteiger partial charge in [0.05, 0.1) is 12.6 Å². The summed E-state index contributed by atoms with van der Waals surface area (Å²) in [5.74, 6) is 0.880. The lowest BCUT2D eigenvalue weighted by atomic mass is 10.1. The van der Waals surface area contributed by atoms with Gasteiger partial charge in [0.2, 0.25) is 0 Å². The SMILES string of the molecule is COc1ccc(-n2cc(CC(C)NC(C)C)c3ccccc32)cc1. The van der Waals surface area contributed by atoms with Gasteiger partial charge < -0.3 is 14.6 Å². The third kappa shape index (κ3) is 3.46. The van der Waals surface area contributed by atoms with E-state index < -0.39 is 0 Å². The summed E-state index contributed by atoms with van der Waals surface area (Å²) in [5.41, 5.74) is 3.78. The fourth-order valence-electron chi connectivity index (χ4n) is 3.33. The highest BCUT2D eigenvalue weighted by Crippen LogP contribution is 2.26. The third-order valence-electron chi connectivity index (χ3n) is 4.29. The molecular formula is C21H26N2O. The van der Waals surface area contributed by atoms with Crippen molar-refractivity contribution < 1.29 is 4.74 Å². The minimum absolute atomic E-state index is 0.445. The van der Waals surface area contributed by atoms with Crippen LogP contribution in [0.25, 0.3) is 16.6 Å². The van der Waals surface area contributed by atoms with Crippen molar-refractivity contribution >= 4 is 10.9 Å². The zero-order chi connectivity index (χ0) is 17.1. The number of benzene rings is 2. The molecule has 1 heterocycles. The first-order valence-corrected chi connectivity index (χ1v) is 8.58. The van der Waals surface area contributed by atoms with Crippen LogP contribution >= 0.6 is 0 Å². The Hall–Kier alpha value is -2.26. The minimum atomic E-state index is 0.445. The fraction of sp³-hybridized carbons (Fsp3) is 0.333. The van der Waals surface area contributed by atoms with Crippen LogP contribution in [0.5, 0.6) is 5.75 Å². The summed E-state index contributed by atoms with van der Waals surface area (Å²) in [6.45, 7) is 6.63. The molecule has 0 aliphatic rings. The van der Waals surface area contributed by atoms with Crippen molar-refractivity contribution in [3.63, 3.8) is 0 Å². The van der Waals surface area contributed by atoms with Crippen molar-refractivity contribution in [3.05, 3.63) is 60.3 Å². The molecule has 1 N–H and O–H groups in total. The van der Waals surface area contributed by atoms with Gasteiger partial charge in [0.1, 0.15) is 5.75 Å². The predicted molar refractivity (Wildman–Crippen MR) is 101 cm³/mol.